The first-order valence-electron chi connectivity index (χ1n) is 7.92. The SMILES string of the molecule is Clc1cccc(-c2nc3sccn3c2C=NOCc2ccc(Cl)c(Cl)c2)c1. The number of thiazole rings is 1. The minimum atomic E-state index is 0.283. The smallest absolute Gasteiger partial charge is 0.194 e. The van der Waals surface area contributed by atoms with Crippen molar-refractivity contribution in [1.82, 2.24) is 9.38 Å². The summed E-state index contributed by atoms with van der Waals surface area (Å²) < 4.78 is 1.97. The maximum Gasteiger partial charge on any atom is 0.194 e. The van der Waals surface area contributed by atoms with E-state index in [1.165, 1.54) is 0 Å². The number of hydrogen-bond donors (Lipinski definition) is 0. The molecule has 136 valence electrons. The molecule has 4 nitrogen and oxygen atoms in total. The zero-order valence-corrected chi connectivity index (χ0v) is 16.9. The topological polar surface area (TPSA) is 38.9 Å². The molecule has 27 heavy (non-hydrogen) atoms. The molecule has 0 bridgehead atoms. The Morgan fingerprint density at radius 3 is 2.81 bits per heavy atom. The van der Waals surface area contributed by atoms with Gasteiger partial charge in [0.25, 0.3) is 0 Å². The lowest BCUT2D eigenvalue weighted by molar-refractivity contribution is 0.132. The number of aromatic nitrogens is 2. The molecule has 4 aromatic rings. The van der Waals surface area contributed by atoms with Gasteiger partial charge in [-0.25, -0.2) is 4.98 Å². The molecule has 0 saturated carbocycles. The highest BCUT2D eigenvalue weighted by molar-refractivity contribution is 7.15. The van der Waals surface area contributed by atoms with Crippen LogP contribution in [0.1, 0.15) is 11.3 Å². The first-order chi connectivity index (χ1) is 13.1. The number of benzene rings is 2. The third-order valence-electron chi connectivity index (χ3n) is 3.86. The Labute approximate surface area is 174 Å². The van der Waals surface area contributed by atoms with Crippen molar-refractivity contribution in [2.45, 2.75) is 6.61 Å². The van der Waals surface area contributed by atoms with E-state index < -0.39 is 0 Å². The van der Waals surface area contributed by atoms with Gasteiger partial charge < -0.3 is 4.84 Å². The minimum Gasteiger partial charge on any atom is -0.391 e. The van der Waals surface area contributed by atoms with Crippen LogP contribution in [0.3, 0.4) is 0 Å². The van der Waals surface area contributed by atoms with E-state index >= 15 is 0 Å². The van der Waals surface area contributed by atoms with E-state index in [1.807, 2.05) is 46.3 Å². The predicted molar refractivity (Wildman–Crippen MR) is 112 cm³/mol. The van der Waals surface area contributed by atoms with Gasteiger partial charge in [-0.1, -0.05) is 58.2 Å². The number of fused-ring (bicyclic) bond motifs is 1. The highest BCUT2D eigenvalue weighted by Gasteiger charge is 2.14. The Kier molecular flexibility index (Phi) is 5.36. The standard InChI is InChI=1S/C19H12Cl3N3OS/c20-14-3-1-2-13(9-14)18-17(25-6-7-27-19(25)24-18)10-23-26-11-12-4-5-15(21)16(22)8-12/h1-10H,11H2. The van der Waals surface area contributed by atoms with Crippen LogP contribution in [-0.4, -0.2) is 15.6 Å². The van der Waals surface area contributed by atoms with Crippen molar-refractivity contribution < 1.29 is 4.84 Å². The summed E-state index contributed by atoms with van der Waals surface area (Å²) in [6, 6.07) is 12.9. The molecule has 0 aliphatic rings. The van der Waals surface area contributed by atoms with Crippen molar-refractivity contribution in [2.75, 3.05) is 0 Å². The molecule has 0 saturated heterocycles. The monoisotopic (exact) mass is 435 g/mol. The molecule has 0 aliphatic heterocycles. The minimum absolute atomic E-state index is 0.283. The maximum atomic E-state index is 6.13. The molecule has 0 radical (unpaired) electrons. The zero-order chi connectivity index (χ0) is 18.8. The number of halogens is 3. The van der Waals surface area contributed by atoms with E-state index in [9.17, 15) is 0 Å². The largest absolute Gasteiger partial charge is 0.391 e. The number of hydrogen-bond acceptors (Lipinski definition) is 4. The van der Waals surface area contributed by atoms with Crippen molar-refractivity contribution in [1.29, 1.82) is 0 Å². The van der Waals surface area contributed by atoms with Gasteiger partial charge in [0.15, 0.2) is 4.96 Å². The van der Waals surface area contributed by atoms with Crippen LogP contribution in [0, 0.1) is 0 Å². The van der Waals surface area contributed by atoms with Crippen molar-refractivity contribution in [3.63, 3.8) is 0 Å². The molecule has 0 N–H and O–H groups in total. The molecular weight excluding hydrogens is 425 g/mol. The number of oxime groups is 1. The van der Waals surface area contributed by atoms with Gasteiger partial charge in [-0.15, -0.1) is 11.3 Å². The summed E-state index contributed by atoms with van der Waals surface area (Å²) in [5, 5.41) is 7.73. The normalized spacial score (nSPS) is 11.5. The first-order valence-corrected chi connectivity index (χ1v) is 9.94. The van der Waals surface area contributed by atoms with Gasteiger partial charge in [-0.3, -0.25) is 4.40 Å². The number of rotatable bonds is 5. The molecule has 0 fully saturated rings. The quantitative estimate of drug-likeness (QED) is 0.262. The van der Waals surface area contributed by atoms with Crippen LogP contribution < -0.4 is 0 Å². The summed E-state index contributed by atoms with van der Waals surface area (Å²) in [5.74, 6) is 0. The maximum absolute atomic E-state index is 6.13. The molecule has 2 heterocycles. The molecule has 0 aliphatic carbocycles. The van der Waals surface area contributed by atoms with Gasteiger partial charge in [-0.2, -0.15) is 0 Å². The molecule has 0 amide bonds. The summed E-state index contributed by atoms with van der Waals surface area (Å²) >= 11 is 19.6. The van der Waals surface area contributed by atoms with Gasteiger partial charge in [0.05, 0.1) is 27.6 Å². The van der Waals surface area contributed by atoms with Crippen LogP contribution in [0.5, 0.6) is 0 Å². The molecule has 0 unspecified atom stereocenters. The summed E-state index contributed by atoms with van der Waals surface area (Å²) in [5.41, 5.74) is 3.42. The third-order valence-corrected chi connectivity index (χ3v) is 5.59. The van der Waals surface area contributed by atoms with E-state index in [0.717, 1.165) is 27.5 Å². The van der Waals surface area contributed by atoms with Crippen molar-refractivity contribution in [2.24, 2.45) is 5.16 Å². The molecule has 8 heteroatoms. The van der Waals surface area contributed by atoms with E-state index in [2.05, 4.69) is 10.1 Å². The fourth-order valence-corrected chi connectivity index (χ4v) is 3.84. The Morgan fingerprint density at radius 2 is 2.00 bits per heavy atom. The van der Waals surface area contributed by atoms with E-state index in [0.29, 0.717) is 15.1 Å². The lowest BCUT2D eigenvalue weighted by atomic mass is 10.1. The van der Waals surface area contributed by atoms with Gasteiger partial charge in [0.2, 0.25) is 0 Å². The average Bonchev–Trinajstić information content (AvgIpc) is 3.23. The Balaban J connectivity index is 1.59. The Bertz CT molecular complexity index is 1140. The van der Waals surface area contributed by atoms with Gasteiger partial charge in [-0.05, 0) is 29.8 Å². The van der Waals surface area contributed by atoms with Crippen molar-refractivity contribution in [3.8, 4) is 11.3 Å². The average molecular weight is 437 g/mol. The molecule has 2 aromatic heterocycles. The van der Waals surface area contributed by atoms with Crippen LogP contribution in [-0.2, 0) is 11.4 Å². The first kappa shape index (κ1) is 18.3. The summed E-state index contributed by atoms with van der Waals surface area (Å²) in [6.45, 7) is 0.283. The van der Waals surface area contributed by atoms with Gasteiger partial charge >= 0.3 is 0 Å². The number of imidazole rings is 1. The van der Waals surface area contributed by atoms with Crippen LogP contribution >= 0.6 is 46.1 Å². The fraction of sp³-hybridized carbons (Fsp3) is 0.0526. The van der Waals surface area contributed by atoms with Crippen LogP contribution in [0.15, 0.2) is 59.2 Å². The summed E-state index contributed by atoms with van der Waals surface area (Å²) in [4.78, 5) is 11.0. The fourth-order valence-electron chi connectivity index (χ4n) is 2.60. The van der Waals surface area contributed by atoms with Crippen molar-refractivity contribution in [3.05, 3.63) is 80.4 Å². The summed E-state index contributed by atoms with van der Waals surface area (Å²) in [7, 11) is 0. The highest BCUT2D eigenvalue weighted by atomic mass is 35.5. The lowest BCUT2D eigenvalue weighted by Gasteiger charge is -2.03. The second-order valence-corrected chi connectivity index (χ2v) is 7.79. The Morgan fingerprint density at radius 1 is 1.11 bits per heavy atom. The molecular formula is C19H12Cl3N3OS. The van der Waals surface area contributed by atoms with Gasteiger partial charge in [0, 0.05) is 22.2 Å². The molecule has 4 rings (SSSR count). The molecule has 0 atom stereocenters. The Hall–Kier alpha value is -2.05. The van der Waals surface area contributed by atoms with Crippen LogP contribution in [0.2, 0.25) is 15.1 Å². The number of nitrogens with zero attached hydrogens (tertiary/aromatic N) is 3. The van der Waals surface area contributed by atoms with Crippen LogP contribution in [0.4, 0.5) is 0 Å². The third kappa shape index (κ3) is 3.96. The second-order valence-electron chi connectivity index (χ2n) is 5.67. The predicted octanol–water partition coefficient (Wildman–Crippen LogP) is 6.57. The van der Waals surface area contributed by atoms with Crippen molar-refractivity contribution >= 4 is 57.3 Å². The zero-order valence-electron chi connectivity index (χ0n) is 13.8. The lowest BCUT2D eigenvalue weighted by Crippen LogP contribution is -1.93. The summed E-state index contributed by atoms with van der Waals surface area (Å²) in [6.07, 6.45) is 3.60. The molecule has 2 aromatic carbocycles. The van der Waals surface area contributed by atoms with E-state index in [1.54, 1.807) is 29.7 Å². The van der Waals surface area contributed by atoms with E-state index in [4.69, 9.17) is 39.6 Å². The second kappa shape index (κ2) is 7.90. The highest BCUT2D eigenvalue weighted by Crippen LogP contribution is 2.27. The van der Waals surface area contributed by atoms with Gasteiger partial charge in [0.1, 0.15) is 6.61 Å². The molecule has 0 spiro atoms. The van der Waals surface area contributed by atoms with Crippen LogP contribution in [0.25, 0.3) is 16.2 Å². The van der Waals surface area contributed by atoms with E-state index in [-0.39, 0.29) is 6.61 Å².